The molecule has 1 atom stereocenters. The summed E-state index contributed by atoms with van der Waals surface area (Å²) < 4.78 is 0. The van der Waals surface area contributed by atoms with E-state index in [1.165, 1.54) is 0 Å². The van der Waals surface area contributed by atoms with E-state index < -0.39 is 0 Å². The highest BCUT2D eigenvalue weighted by atomic mass is 16.2. The van der Waals surface area contributed by atoms with E-state index in [0.717, 1.165) is 18.5 Å². The molecule has 0 aliphatic rings. The van der Waals surface area contributed by atoms with Crippen LogP contribution in [-0.2, 0) is 4.79 Å². The number of carbonyl (C=O) groups excluding carboxylic acids is 1. The standard InChI is InChI=1S/C13H20N2O/c1-11(14)7-6-10-13(16)15(2)12-8-4-3-5-9-12/h3-5,8-9,11H,6-7,10,14H2,1-2H3. The molecule has 3 nitrogen and oxygen atoms in total. The quantitative estimate of drug-likeness (QED) is 0.826. The molecule has 0 bridgehead atoms. The molecular weight excluding hydrogens is 200 g/mol. The van der Waals surface area contributed by atoms with Crippen molar-refractivity contribution in [2.24, 2.45) is 5.73 Å². The number of para-hydroxylation sites is 1. The summed E-state index contributed by atoms with van der Waals surface area (Å²) in [7, 11) is 1.81. The van der Waals surface area contributed by atoms with Crippen molar-refractivity contribution in [3.8, 4) is 0 Å². The van der Waals surface area contributed by atoms with E-state index in [0.29, 0.717) is 6.42 Å². The summed E-state index contributed by atoms with van der Waals surface area (Å²) in [6.45, 7) is 1.96. The zero-order chi connectivity index (χ0) is 12.0. The summed E-state index contributed by atoms with van der Waals surface area (Å²) in [5.41, 5.74) is 6.58. The molecule has 0 saturated heterocycles. The van der Waals surface area contributed by atoms with Gasteiger partial charge >= 0.3 is 0 Å². The molecule has 1 aromatic carbocycles. The van der Waals surface area contributed by atoms with E-state index >= 15 is 0 Å². The molecule has 0 radical (unpaired) electrons. The summed E-state index contributed by atoms with van der Waals surface area (Å²) in [5.74, 6) is 0.145. The Morgan fingerprint density at radius 2 is 2.00 bits per heavy atom. The van der Waals surface area contributed by atoms with Crippen LogP contribution in [0.3, 0.4) is 0 Å². The van der Waals surface area contributed by atoms with Crippen molar-refractivity contribution in [2.75, 3.05) is 11.9 Å². The number of nitrogens with two attached hydrogens (primary N) is 1. The SMILES string of the molecule is CC(N)CCCC(=O)N(C)c1ccccc1. The lowest BCUT2D eigenvalue weighted by Gasteiger charge is -2.17. The van der Waals surface area contributed by atoms with Crippen LogP contribution >= 0.6 is 0 Å². The third-order valence-corrected chi connectivity index (χ3v) is 2.57. The molecule has 1 rings (SSSR count). The third-order valence-electron chi connectivity index (χ3n) is 2.57. The normalized spacial score (nSPS) is 12.2. The minimum Gasteiger partial charge on any atom is -0.328 e. The summed E-state index contributed by atoms with van der Waals surface area (Å²) in [6.07, 6.45) is 2.31. The molecule has 3 heteroatoms. The average Bonchev–Trinajstić information content (AvgIpc) is 2.28. The molecule has 1 aromatic rings. The summed E-state index contributed by atoms with van der Waals surface area (Å²) >= 11 is 0. The molecule has 0 aliphatic carbocycles. The molecule has 1 amide bonds. The average molecular weight is 220 g/mol. The molecule has 88 valence electrons. The smallest absolute Gasteiger partial charge is 0.226 e. The zero-order valence-corrected chi connectivity index (χ0v) is 10.0. The van der Waals surface area contributed by atoms with Gasteiger partial charge in [0.15, 0.2) is 0 Å². The number of amides is 1. The highest BCUT2D eigenvalue weighted by Gasteiger charge is 2.09. The lowest BCUT2D eigenvalue weighted by atomic mass is 10.1. The van der Waals surface area contributed by atoms with Crippen LogP contribution in [0.25, 0.3) is 0 Å². The Kier molecular flexibility index (Phi) is 4.99. The molecule has 0 saturated carbocycles. The fourth-order valence-corrected chi connectivity index (χ4v) is 1.54. The van der Waals surface area contributed by atoms with Gasteiger partial charge in [0.2, 0.25) is 5.91 Å². The summed E-state index contributed by atoms with van der Waals surface area (Å²) in [5, 5.41) is 0. The number of benzene rings is 1. The molecule has 1 unspecified atom stereocenters. The number of carbonyl (C=O) groups is 1. The Morgan fingerprint density at radius 3 is 2.56 bits per heavy atom. The van der Waals surface area contributed by atoms with Crippen LogP contribution in [0.2, 0.25) is 0 Å². The first kappa shape index (κ1) is 12.7. The first-order valence-corrected chi connectivity index (χ1v) is 5.68. The largest absolute Gasteiger partial charge is 0.328 e. The van der Waals surface area contributed by atoms with Crippen molar-refractivity contribution < 1.29 is 4.79 Å². The number of rotatable bonds is 5. The molecular formula is C13H20N2O. The predicted octanol–water partition coefficient (Wildman–Crippen LogP) is 2.17. The minimum atomic E-state index is 0.145. The number of anilines is 1. The van der Waals surface area contributed by atoms with E-state index in [1.54, 1.807) is 4.90 Å². The second kappa shape index (κ2) is 6.28. The maximum absolute atomic E-state index is 11.8. The molecule has 0 heterocycles. The van der Waals surface area contributed by atoms with Crippen molar-refractivity contribution in [1.82, 2.24) is 0 Å². The first-order chi connectivity index (χ1) is 7.61. The van der Waals surface area contributed by atoms with Crippen molar-refractivity contribution >= 4 is 11.6 Å². The Balaban J connectivity index is 2.43. The van der Waals surface area contributed by atoms with Crippen LogP contribution in [0.1, 0.15) is 26.2 Å². The van der Waals surface area contributed by atoms with E-state index in [1.807, 2.05) is 44.3 Å². The van der Waals surface area contributed by atoms with Gasteiger partial charge in [0.1, 0.15) is 0 Å². The van der Waals surface area contributed by atoms with Crippen LogP contribution < -0.4 is 10.6 Å². The fraction of sp³-hybridized carbons (Fsp3) is 0.462. The van der Waals surface area contributed by atoms with Crippen LogP contribution in [0.15, 0.2) is 30.3 Å². The lowest BCUT2D eigenvalue weighted by molar-refractivity contribution is -0.118. The van der Waals surface area contributed by atoms with Gasteiger partial charge in [-0.2, -0.15) is 0 Å². The minimum absolute atomic E-state index is 0.145. The Bertz CT molecular complexity index is 322. The maximum Gasteiger partial charge on any atom is 0.226 e. The third kappa shape index (κ3) is 4.03. The Hall–Kier alpha value is -1.35. The van der Waals surface area contributed by atoms with Gasteiger partial charge in [-0.3, -0.25) is 4.79 Å². The Labute approximate surface area is 97.2 Å². The lowest BCUT2D eigenvalue weighted by Crippen LogP contribution is -2.26. The number of hydrogen-bond donors (Lipinski definition) is 1. The summed E-state index contributed by atoms with van der Waals surface area (Å²) in [6, 6.07) is 9.85. The van der Waals surface area contributed by atoms with Crippen LogP contribution in [-0.4, -0.2) is 19.0 Å². The van der Waals surface area contributed by atoms with Gasteiger partial charge in [0.25, 0.3) is 0 Å². The van der Waals surface area contributed by atoms with E-state index in [-0.39, 0.29) is 11.9 Å². The number of hydrogen-bond acceptors (Lipinski definition) is 2. The number of nitrogens with zero attached hydrogens (tertiary/aromatic N) is 1. The predicted molar refractivity (Wildman–Crippen MR) is 67.4 cm³/mol. The van der Waals surface area contributed by atoms with Crippen molar-refractivity contribution in [1.29, 1.82) is 0 Å². The molecule has 0 spiro atoms. The van der Waals surface area contributed by atoms with Gasteiger partial charge in [0, 0.05) is 25.2 Å². The first-order valence-electron chi connectivity index (χ1n) is 5.68. The molecule has 0 fully saturated rings. The van der Waals surface area contributed by atoms with E-state index in [2.05, 4.69) is 0 Å². The topological polar surface area (TPSA) is 46.3 Å². The molecule has 0 aromatic heterocycles. The van der Waals surface area contributed by atoms with Gasteiger partial charge in [-0.25, -0.2) is 0 Å². The molecule has 2 N–H and O–H groups in total. The van der Waals surface area contributed by atoms with E-state index in [4.69, 9.17) is 5.73 Å². The fourth-order valence-electron chi connectivity index (χ4n) is 1.54. The van der Waals surface area contributed by atoms with Crippen molar-refractivity contribution in [3.05, 3.63) is 30.3 Å². The maximum atomic E-state index is 11.8. The van der Waals surface area contributed by atoms with Gasteiger partial charge in [-0.05, 0) is 31.9 Å². The van der Waals surface area contributed by atoms with Crippen molar-refractivity contribution in [2.45, 2.75) is 32.2 Å². The van der Waals surface area contributed by atoms with Gasteiger partial charge in [-0.15, -0.1) is 0 Å². The molecule has 16 heavy (non-hydrogen) atoms. The second-order valence-electron chi connectivity index (χ2n) is 4.16. The highest BCUT2D eigenvalue weighted by Crippen LogP contribution is 2.13. The zero-order valence-electron chi connectivity index (χ0n) is 10.0. The van der Waals surface area contributed by atoms with Crippen LogP contribution in [0.4, 0.5) is 5.69 Å². The van der Waals surface area contributed by atoms with Crippen LogP contribution in [0, 0.1) is 0 Å². The second-order valence-corrected chi connectivity index (χ2v) is 4.16. The Morgan fingerprint density at radius 1 is 1.38 bits per heavy atom. The van der Waals surface area contributed by atoms with Gasteiger partial charge < -0.3 is 10.6 Å². The van der Waals surface area contributed by atoms with Gasteiger partial charge in [0.05, 0.1) is 0 Å². The monoisotopic (exact) mass is 220 g/mol. The summed E-state index contributed by atoms with van der Waals surface area (Å²) in [4.78, 5) is 13.5. The van der Waals surface area contributed by atoms with Crippen molar-refractivity contribution in [3.63, 3.8) is 0 Å². The van der Waals surface area contributed by atoms with Gasteiger partial charge in [-0.1, -0.05) is 18.2 Å². The van der Waals surface area contributed by atoms with E-state index in [9.17, 15) is 4.79 Å². The van der Waals surface area contributed by atoms with Crippen LogP contribution in [0.5, 0.6) is 0 Å². The molecule has 0 aliphatic heterocycles. The highest BCUT2D eigenvalue weighted by molar-refractivity contribution is 5.92.